The standard InChI is InChI=1S/C23H26N4O3/c1-28-18-8-10-19(11-9-18)30-23-21(26-17-6-4-3-5-7-17)15-25-22(27-23)16-12-20(29-2)14-24-13-16/h8-15,17,26H,3-7H2,1-2H3. The first kappa shape index (κ1) is 19.9. The smallest absolute Gasteiger partial charge is 0.246 e. The predicted molar refractivity (Wildman–Crippen MR) is 115 cm³/mol. The number of anilines is 1. The van der Waals surface area contributed by atoms with Gasteiger partial charge in [-0.2, -0.15) is 4.98 Å². The van der Waals surface area contributed by atoms with E-state index in [1.165, 1.54) is 19.3 Å². The second-order valence-electron chi connectivity index (χ2n) is 7.28. The predicted octanol–water partition coefficient (Wildman–Crippen LogP) is 5.09. The molecule has 4 rings (SSSR count). The zero-order valence-electron chi connectivity index (χ0n) is 17.3. The van der Waals surface area contributed by atoms with E-state index in [2.05, 4.69) is 15.3 Å². The summed E-state index contributed by atoms with van der Waals surface area (Å²) in [5.41, 5.74) is 1.55. The topological polar surface area (TPSA) is 78.4 Å². The maximum atomic E-state index is 6.15. The van der Waals surface area contributed by atoms with E-state index in [0.29, 0.717) is 29.2 Å². The van der Waals surface area contributed by atoms with Crippen LogP contribution in [-0.2, 0) is 0 Å². The highest BCUT2D eigenvalue weighted by molar-refractivity contribution is 5.61. The molecule has 156 valence electrons. The first-order chi connectivity index (χ1) is 14.7. The molecule has 2 heterocycles. The Labute approximate surface area is 176 Å². The number of hydrogen-bond acceptors (Lipinski definition) is 7. The third-order valence-electron chi connectivity index (χ3n) is 5.20. The normalized spacial score (nSPS) is 14.2. The maximum absolute atomic E-state index is 6.15. The Bertz CT molecular complexity index is 972. The van der Waals surface area contributed by atoms with E-state index >= 15 is 0 Å². The zero-order chi connectivity index (χ0) is 20.8. The van der Waals surface area contributed by atoms with Gasteiger partial charge in [0.1, 0.15) is 22.9 Å². The molecule has 0 saturated heterocycles. The molecule has 0 aliphatic heterocycles. The fourth-order valence-corrected chi connectivity index (χ4v) is 3.56. The van der Waals surface area contributed by atoms with Crippen molar-refractivity contribution in [2.45, 2.75) is 38.1 Å². The van der Waals surface area contributed by atoms with Gasteiger partial charge in [-0.1, -0.05) is 19.3 Å². The first-order valence-corrected chi connectivity index (χ1v) is 10.2. The number of nitrogens with zero attached hydrogens (tertiary/aromatic N) is 3. The van der Waals surface area contributed by atoms with Crippen LogP contribution in [0.2, 0.25) is 0 Å². The van der Waals surface area contributed by atoms with Gasteiger partial charge in [-0.05, 0) is 43.2 Å². The van der Waals surface area contributed by atoms with Crippen molar-refractivity contribution in [2.24, 2.45) is 0 Å². The van der Waals surface area contributed by atoms with Gasteiger partial charge in [-0.15, -0.1) is 0 Å². The molecule has 0 amide bonds. The van der Waals surface area contributed by atoms with E-state index in [1.807, 2.05) is 30.3 Å². The third-order valence-corrected chi connectivity index (χ3v) is 5.20. The molecule has 1 aliphatic carbocycles. The maximum Gasteiger partial charge on any atom is 0.246 e. The minimum atomic E-state index is 0.407. The number of nitrogens with one attached hydrogen (secondary N) is 1. The van der Waals surface area contributed by atoms with E-state index in [0.717, 1.165) is 29.8 Å². The molecule has 0 unspecified atom stereocenters. The van der Waals surface area contributed by atoms with Crippen LogP contribution in [0.5, 0.6) is 23.1 Å². The Morgan fingerprint density at radius 3 is 2.33 bits per heavy atom. The van der Waals surface area contributed by atoms with Crippen LogP contribution in [-0.4, -0.2) is 35.2 Å². The summed E-state index contributed by atoms with van der Waals surface area (Å²) in [5, 5.41) is 3.58. The van der Waals surface area contributed by atoms with Crippen LogP contribution >= 0.6 is 0 Å². The van der Waals surface area contributed by atoms with Gasteiger partial charge in [-0.3, -0.25) is 4.98 Å². The van der Waals surface area contributed by atoms with Crippen molar-refractivity contribution < 1.29 is 14.2 Å². The van der Waals surface area contributed by atoms with Crippen LogP contribution < -0.4 is 19.5 Å². The molecule has 7 nitrogen and oxygen atoms in total. The van der Waals surface area contributed by atoms with Crippen LogP contribution in [0.1, 0.15) is 32.1 Å². The molecule has 1 N–H and O–H groups in total. The molecule has 0 atom stereocenters. The molecule has 0 radical (unpaired) electrons. The van der Waals surface area contributed by atoms with Crippen molar-refractivity contribution >= 4 is 5.69 Å². The highest BCUT2D eigenvalue weighted by Gasteiger charge is 2.18. The highest BCUT2D eigenvalue weighted by Crippen LogP contribution is 2.32. The van der Waals surface area contributed by atoms with Crippen LogP contribution in [0.25, 0.3) is 11.4 Å². The van der Waals surface area contributed by atoms with Crippen LogP contribution in [0, 0.1) is 0 Å². The minimum absolute atomic E-state index is 0.407. The Kier molecular flexibility index (Phi) is 6.27. The number of ether oxygens (including phenoxy) is 3. The molecule has 1 aromatic carbocycles. The SMILES string of the molecule is COc1ccc(Oc2nc(-c3cncc(OC)c3)ncc2NC2CCCCC2)cc1. The lowest BCUT2D eigenvalue weighted by molar-refractivity contribution is 0.412. The summed E-state index contributed by atoms with van der Waals surface area (Å²) in [6, 6.07) is 9.70. The Morgan fingerprint density at radius 2 is 1.60 bits per heavy atom. The number of pyridine rings is 1. The van der Waals surface area contributed by atoms with Crippen molar-refractivity contribution in [3.63, 3.8) is 0 Å². The molecule has 0 spiro atoms. The molecule has 30 heavy (non-hydrogen) atoms. The molecular weight excluding hydrogens is 380 g/mol. The van der Waals surface area contributed by atoms with Crippen molar-refractivity contribution in [3.05, 3.63) is 48.9 Å². The monoisotopic (exact) mass is 406 g/mol. The summed E-state index contributed by atoms with van der Waals surface area (Å²) in [4.78, 5) is 13.5. The van der Waals surface area contributed by atoms with Gasteiger partial charge in [0.25, 0.3) is 0 Å². The van der Waals surface area contributed by atoms with Crippen molar-refractivity contribution in [1.82, 2.24) is 15.0 Å². The number of hydrogen-bond donors (Lipinski definition) is 1. The second kappa shape index (κ2) is 9.43. The van der Waals surface area contributed by atoms with Crippen LogP contribution in [0.3, 0.4) is 0 Å². The molecule has 2 aromatic heterocycles. The minimum Gasteiger partial charge on any atom is -0.497 e. The average Bonchev–Trinajstić information content (AvgIpc) is 2.81. The number of methoxy groups -OCH3 is 2. The van der Waals surface area contributed by atoms with Crippen molar-refractivity contribution in [1.29, 1.82) is 0 Å². The van der Waals surface area contributed by atoms with Gasteiger partial charge in [0, 0.05) is 17.8 Å². The molecule has 0 bridgehead atoms. The highest BCUT2D eigenvalue weighted by atomic mass is 16.5. The summed E-state index contributed by atoms with van der Waals surface area (Å²) >= 11 is 0. The molecule has 3 aromatic rings. The zero-order valence-corrected chi connectivity index (χ0v) is 17.3. The Morgan fingerprint density at radius 1 is 0.867 bits per heavy atom. The molecular formula is C23H26N4O3. The molecule has 1 saturated carbocycles. The molecule has 1 aliphatic rings. The van der Waals surface area contributed by atoms with Crippen LogP contribution in [0.4, 0.5) is 5.69 Å². The van der Waals surface area contributed by atoms with Gasteiger partial charge in [0.2, 0.25) is 5.88 Å². The summed E-state index contributed by atoms with van der Waals surface area (Å²) < 4.78 is 16.7. The second-order valence-corrected chi connectivity index (χ2v) is 7.28. The fraction of sp³-hybridized carbons (Fsp3) is 0.348. The largest absolute Gasteiger partial charge is 0.497 e. The van der Waals surface area contributed by atoms with Gasteiger partial charge >= 0.3 is 0 Å². The first-order valence-electron chi connectivity index (χ1n) is 10.2. The summed E-state index contributed by atoms with van der Waals surface area (Å²) in [6.07, 6.45) is 11.2. The average molecular weight is 406 g/mol. The lowest BCUT2D eigenvalue weighted by Gasteiger charge is -2.24. The Hall–Kier alpha value is -3.35. The number of benzene rings is 1. The van der Waals surface area contributed by atoms with E-state index in [-0.39, 0.29) is 0 Å². The van der Waals surface area contributed by atoms with E-state index in [4.69, 9.17) is 19.2 Å². The van der Waals surface area contributed by atoms with Crippen molar-refractivity contribution in [3.8, 4) is 34.5 Å². The van der Waals surface area contributed by atoms with E-state index < -0.39 is 0 Å². The fourth-order valence-electron chi connectivity index (χ4n) is 3.56. The van der Waals surface area contributed by atoms with E-state index in [9.17, 15) is 0 Å². The van der Waals surface area contributed by atoms with Gasteiger partial charge in [-0.25, -0.2) is 4.98 Å². The third kappa shape index (κ3) is 4.79. The quantitative estimate of drug-likeness (QED) is 0.585. The van der Waals surface area contributed by atoms with E-state index in [1.54, 1.807) is 32.8 Å². The van der Waals surface area contributed by atoms with Crippen LogP contribution in [0.15, 0.2) is 48.9 Å². The number of aromatic nitrogens is 3. The lowest BCUT2D eigenvalue weighted by atomic mass is 9.95. The van der Waals surface area contributed by atoms with Crippen molar-refractivity contribution in [2.75, 3.05) is 19.5 Å². The summed E-state index contributed by atoms with van der Waals surface area (Å²) in [5.74, 6) is 3.11. The summed E-state index contributed by atoms with van der Waals surface area (Å²) in [6.45, 7) is 0. The van der Waals surface area contributed by atoms with Gasteiger partial charge in [0.05, 0.1) is 26.6 Å². The molecule has 7 heteroatoms. The number of rotatable bonds is 7. The lowest BCUT2D eigenvalue weighted by Crippen LogP contribution is -2.22. The van der Waals surface area contributed by atoms with Gasteiger partial charge < -0.3 is 19.5 Å². The Balaban J connectivity index is 1.65. The van der Waals surface area contributed by atoms with Gasteiger partial charge in [0.15, 0.2) is 5.82 Å². The summed E-state index contributed by atoms with van der Waals surface area (Å²) in [7, 11) is 3.25. The molecule has 1 fully saturated rings.